The van der Waals surface area contributed by atoms with Gasteiger partial charge < -0.3 is 5.11 Å². The summed E-state index contributed by atoms with van der Waals surface area (Å²) in [7, 11) is -1.17. The van der Waals surface area contributed by atoms with Crippen molar-refractivity contribution in [3.05, 3.63) is 11.8 Å². The highest BCUT2D eigenvalue weighted by Gasteiger charge is 2.48. The molecule has 0 spiro atoms. The lowest BCUT2D eigenvalue weighted by Crippen LogP contribution is -2.58. The van der Waals surface area contributed by atoms with Gasteiger partial charge in [0.25, 0.3) is 0 Å². The zero-order valence-electron chi connectivity index (χ0n) is 7.47. The standard InChI is InChI=1S/C8H9NO4S/c1-4-2-5(8(11)12)9-6(10)3-7(9)14(4)13/h2,4,7H,3H2,1H3,(H,11,12)/t4?,7-,14?/m1/s1. The Morgan fingerprint density at radius 1 is 1.71 bits per heavy atom. The number of aliphatic carboxylic acids is 1. The zero-order valence-corrected chi connectivity index (χ0v) is 8.28. The molecule has 1 saturated heterocycles. The van der Waals surface area contributed by atoms with Gasteiger partial charge in [-0.3, -0.25) is 13.9 Å². The average Bonchev–Trinajstić information content (AvgIpc) is 2.09. The normalized spacial score (nSPS) is 35.8. The van der Waals surface area contributed by atoms with Crippen molar-refractivity contribution in [2.75, 3.05) is 0 Å². The second-order valence-corrected chi connectivity index (χ2v) is 5.26. The maximum absolute atomic E-state index is 11.6. The van der Waals surface area contributed by atoms with Gasteiger partial charge in [0.05, 0.1) is 22.5 Å². The van der Waals surface area contributed by atoms with Gasteiger partial charge in [-0.25, -0.2) is 4.79 Å². The molecule has 1 fully saturated rings. The summed E-state index contributed by atoms with van der Waals surface area (Å²) in [6, 6.07) is 0. The Hall–Kier alpha value is -1.17. The largest absolute Gasteiger partial charge is 0.477 e. The number of β-lactam (4-membered cyclic amide) rings is 1. The first-order valence-electron chi connectivity index (χ1n) is 4.19. The highest BCUT2D eigenvalue weighted by Crippen LogP contribution is 2.33. The van der Waals surface area contributed by atoms with E-state index >= 15 is 0 Å². The minimum absolute atomic E-state index is 0.0293. The van der Waals surface area contributed by atoms with Crippen LogP contribution in [-0.4, -0.2) is 36.7 Å². The fourth-order valence-electron chi connectivity index (χ4n) is 1.65. The number of carbonyl (C=O) groups is 2. The predicted octanol–water partition coefficient (Wildman–Crippen LogP) is -0.336. The summed E-state index contributed by atoms with van der Waals surface area (Å²) >= 11 is 0. The number of carboxylic acids is 1. The molecule has 5 nitrogen and oxygen atoms in total. The van der Waals surface area contributed by atoms with Gasteiger partial charge in [0.2, 0.25) is 5.91 Å². The number of fused-ring (bicyclic) bond motifs is 1. The van der Waals surface area contributed by atoms with Gasteiger partial charge in [-0.15, -0.1) is 0 Å². The maximum atomic E-state index is 11.6. The number of hydrogen-bond acceptors (Lipinski definition) is 3. The lowest BCUT2D eigenvalue weighted by atomic mass is 10.1. The SMILES string of the molecule is CC1C=C(C(=O)O)N2C(=O)C[C@H]2S1=O. The van der Waals surface area contributed by atoms with E-state index in [0.717, 1.165) is 4.90 Å². The van der Waals surface area contributed by atoms with E-state index in [1.807, 2.05) is 0 Å². The monoisotopic (exact) mass is 215 g/mol. The number of amides is 1. The van der Waals surface area contributed by atoms with Crippen LogP contribution in [0.2, 0.25) is 0 Å². The average molecular weight is 215 g/mol. The third kappa shape index (κ3) is 1.10. The van der Waals surface area contributed by atoms with Crippen LogP contribution < -0.4 is 0 Å². The maximum Gasteiger partial charge on any atom is 0.352 e. The van der Waals surface area contributed by atoms with E-state index in [4.69, 9.17) is 5.11 Å². The van der Waals surface area contributed by atoms with Gasteiger partial charge in [0, 0.05) is 0 Å². The molecule has 2 unspecified atom stereocenters. The van der Waals surface area contributed by atoms with Crippen LogP contribution in [0.25, 0.3) is 0 Å². The number of rotatable bonds is 1. The van der Waals surface area contributed by atoms with Gasteiger partial charge in [-0.1, -0.05) is 0 Å². The summed E-state index contributed by atoms with van der Waals surface area (Å²) < 4.78 is 11.6. The van der Waals surface area contributed by atoms with E-state index in [-0.39, 0.29) is 23.3 Å². The molecule has 0 radical (unpaired) electrons. The first-order chi connectivity index (χ1) is 6.52. The van der Waals surface area contributed by atoms with E-state index in [9.17, 15) is 13.8 Å². The summed E-state index contributed by atoms with van der Waals surface area (Å²) in [6.45, 7) is 1.69. The van der Waals surface area contributed by atoms with E-state index in [0.29, 0.717) is 0 Å². The van der Waals surface area contributed by atoms with Crippen LogP contribution in [0, 0.1) is 0 Å². The Labute approximate surface area is 82.8 Å². The van der Waals surface area contributed by atoms with Crippen molar-refractivity contribution in [2.24, 2.45) is 0 Å². The Balaban J connectivity index is 2.40. The van der Waals surface area contributed by atoms with Crippen LogP contribution in [0.15, 0.2) is 11.8 Å². The van der Waals surface area contributed by atoms with Gasteiger partial charge >= 0.3 is 5.97 Å². The molecule has 2 rings (SSSR count). The van der Waals surface area contributed by atoms with Crippen molar-refractivity contribution in [1.82, 2.24) is 4.90 Å². The molecular formula is C8H9NO4S. The van der Waals surface area contributed by atoms with Gasteiger partial charge in [0.1, 0.15) is 11.1 Å². The van der Waals surface area contributed by atoms with Gasteiger partial charge in [0.15, 0.2) is 0 Å². The molecule has 14 heavy (non-hydrogen) atoms. The minimum atomic E-state index is -1.17. The van der Waals surface area contributed by atoms with E-state index in [2.05, 4.69) is 0 Å². The highest BCUT2D eigenvalue weighted by atomic mass is 32.2. The molecular weight excluding hydrogens is 206 g/mol. The van der Waals surface area contributed by atoms with Crippen LogP contribution >= 0.6 is 0 Å². The lowest BCUT2D eigenvalue weighted by Gasteiger charge is -2.43. The molecule has 6 heteroatoms. The number of hydrogen-bond donors (Lipinski definition) is 1. The van der Waals surface area contributed by atoms with Crippen molar-refractivity contribution < 1.29 is 18.9 Å². The predicted molar refractivity (Wildman–Crippen MR) is 48.6 cm³/mol. The molecule has 2 heterocycles. The number of carbonyl (C=O) groups excluding carboxylic acids is 1. The number of nitrogens with zero attached hydrogens (tertiary/aromatic N) is 1. The Kier molecular flexibility index (Phi) is 1.95. The quantitative estimate of drug-likeness (QED) is 0.607. The van der Waals surface area contributed by atoms with Crippen LogP contribution in [0.3, 0.4) is 0 Å². The van der Waals surface area contributed by atoms with Crippen molar-refractivity contribution in [3.8, 4) is 0 Å². The molecule has 0 bridgehead atoms. The van der Waals surface area contributed by atoms with E-state index in [1.165, 1.54) is 6.08 Å². The summed E-state index contributed by atoms with van der Waals surface area (Å²) in [6.07, 6.45) is 1.58. The molecule has 0 saturated carbocycles. The molecule has 0 aromatic rings. The van der Waals surface area contributed by atoms with Crippen molar-refractivity contribution in [1.29, 1.82) is 0 Å². The molecule has 2 aliphatic rings. The smallest absolute Gasteiger partial charge is 0.352 e. The lowest BCUT2D eigenvalue weighted by molar-refractivity contribution is -0.146. The third-order valence-electron chi connectivity index (χ3n) is 2.41. The minimum Gasteiger partial charge on any atom is -0.477 e. The fraction of sp³-hybridized carbons (Fsp3) is 0.500. The Morgan fingerprint density at radius 3 is 2.86 bits per heavy atom. The first kappa shape index (κ1) is 9.39. The van der Waals surface area contributed by atoms with Crippen LogP contribution in [0.5, 0.6) is 0 Å². The summed E-state index contributed by atoms with van der Waals surface area (Å²) in [4.78, 5) is 23.0. The first-order valence-corrected chi connectivity index (χ1v) is 5.46. The third-order valence-corrected chi connectivity index (χ3v) is 4.19. The van der Waals surface area contributed by atoms with Crippen LogP contribution in [-0.2, 0) is 20.4 Å². The summed E-state index contributed by atoms with van der Waals surface area (Å²) in [5.41, 5.74) is -0.0293. The molecule has 1 amide bonds. The fourth-order valence-corrected chi connectivity index (χ4v) is 3.16. The second kappa shape index (κ2) is 2.91. The topological polar surface area (TPSA) is 74.7 Å². The zero-order chi connectivity index (χ0) is 10.5. The molecule has 3 atom stereocenters. The van der Waals surface area contributed by atoms with Gasteiger partial charge in [-0.05, 0) is 13.0 Å². The number of carboxylic acid groups (broad SMARTS) is 1. The van der Waals surface area contributed by atoms with E-state index < -0.39 is 22.1 Å². The Bertz CT molecular complexity index is 376. The molecule has 1 N–H and O–H groups in total. The van der Waals surface area contributed by atoms with Crippen LogP contribution in [0.1, 0.15) is 13.3 Å². The highest BCUT2D eigenvalue weighted by molar-refractivity contribution is 7.86. The molecule has 0 aliphatic carbocycles. The molecule has 2 aliphatic heterocycles. The van der Waals surface area contributed by atoms with Crippen molar-refractivity contribution >= 4 is 22.7 Å². The molecule has 0 aromatic carbocycles. The van der Waals surface area contributed by atoms with Crippen molar-refractivity contribution in [3.63, 3.8) is 0 Å². The summed E-state index contributed by atoms with van der Waals surface area (Å²) in [5.74, 6) is -1.39. The summed E-state index contributed by atoms with van der Waals surface area (Å²) in [5, 5.41) is 8.10. The van der Waals surface area contributed by atoms with Gasteiger partial charge in [-0.2, -0.15) is 0 Å². The van der Waals surface area contributed by atoms with E-state index in [1.54, 1.807) is 6.92 Å². The van der Waals surface area contributed by atoms with Crippen molar-refractivity contribution in [2.45, 2.75) is 24.0 Å². The van der Waals surface area contributed by atoms with Crippen LogP contribution in [0.4, 0.5) is 0 Å². The second-order valence-electron chi connectivity index (χ2n) is 3.31. The molecule has 76 valence electrons. The molecule has 0 aromatic heterocycles. The Morgan fingerprint density at radius 2 is 2.36 bits per heavy atom.